The fourth-order valence-corrected chi connectivity index (χ4v) is 2.74. The Labute approximate surface area is 153 Å². The van der Waals surface area contributed by atoms with Gasteiger partial charge in [0.25, 0.3) is 0 Å². The minimum absolute atomic E-state index is 0.0273. The SMILES string of the molecule is Cc1ccc(C(=O)Cc2cccc(CC(=O)c3ccc(C)cc3)n2)cc1. The third-order valence-corrected chi connectivity index (χ3v) is 4.29. The second-order valence-electron chi connectivity index (χ2n) is 6.55. The minimum atomic E-state index is 0.0273. The molecule has 2 aromatic carbocycles. The van der Waals surface area contributed by atoms with E-state index in [9.17, 15) is 9.59 Å². The number of aryl methyl sites for hydroxylation is 2. The number of hydrogen-bond acceptors (Lipinski definition) is 3. The van der Waals surface area contributed by atoms with E-state index in [2.05, 4.69) is 4.98 Å². The topological polar surface area (TPSA) is 47.0 Å². The number of carbonyl (C=O) groups is 2. The molecule has 0 aliphatic rings. The molecule has 130 valence electrons. The van der Waals surface area contributed by atoms with Crippen molar-refractivity contribution in [2.24, 2.45) is 0 Å². The lowest BCUT2D eigenvalue weighted by atomic mass is 10.0. The lowest BCUT2D eigenvalue weighted by Crippen LogP contribution is -2.09. The first-order valence-corrected chi connectivity index (χ1v) is 8.66. The molecule has 3 aromatic rings. The number of rotatable bonds is 6. The van der Waals surface area contributed by atoms with E-state index in [1.54, 1.807) is 0 Å². The van der Waals surface area contributed by atoms with Crippen molar-refractivity contribution in [1.29, 1.82) is 0 Å². The number of Topliss-reactive ketones (excluding diaryl/α,β-unsaturated/α-hetero) is 2. The number of pyridine rings is 1. The van der Waals surface area contributed by atoms with Crippen LogP contribution >= 0.6 is 0 Å². The summed E-state index contributed by atoms with van der Waals surface area (Å²) in [7, 11) is 0. The van der Waals surface area contributed by atoms with Crippen LogP contribution in [-0.4, -0.2) is 16.6 Å². The standard InChI is InChI=1S/C23H21NO2/c1-16-6-10-18(11-7-16)22(25)14-20-4-3-5-21(24-20)15-23(26)19-12-8-17(2)9-13-19/h3-13H,14-15H2,1-2H3. The Morgan fingerprint density at radius 1 is 0.654 bits per heavy atom. The largest absolute Gasteiger partial charge is 0.294 e. The highest BCUT2D eigenvalue weighted by molar-refractivity contribution is 5.98. The fourth-order valence-electron chi connectivity index (χ4n) is 2.74. The molecular formula is C23H21NO2. The summed E-state index contributed by atoms with van der Waals surface area (Å²) in [6.07, 6.45) is 0.464. The maximum atomic E-state index is 12.4. The van der Waals surface area contributed by atoms with Crippen LogP contribution < -0.4 is 0 Å². The van der Waals surface area contributed by atoms with Gasteiger partial charge in [0, 0.05) is 22.5 Å². The molecule has 3 nitrogen and oxygen atoms in total. The molecule has 1 aromatic heterocycles. The maximum Gasteiger partial charge on any atom is 0.168 e. The molecule has 0 radical (unpaired) electrons. The van der Waals surface area contributed by atoms with E-state index in [4.69, 9.17) is 0 Å². The van der Waals surface area contributed by atoms with Gasteiger partial charge in [-0.1, -0.05) is 65.7 Å². The first-order chi connectivity index (χ1) is 12.5. The number of benzene rings is 2. The third-order valence-electron chi connectivity index (χ3n) is 4.29. The molecule has 0 saturated heterocycles. The lowest BCUT2D eigenvalue weighted by Gasteiger charge is -2.05. The van der Waals surface area contributed by atoms with E-state index in [0.29, 0.717) is 22.5 Å². The summed E-state index contributed by atoms with van der Waals surface area (Å²) in [4.78, 5) is 29.3. The first-order valence-electron chi connectivity index (χ1n) is 8.66. The molecule has 0 unspecified atom stereocenters. The van der Waals surface area contributed by atoms with Crippen molar-refractivity contribution in [2.45, 2.75) is 26.7 Å². The Morgan fingerprint density at radius 3 is 1.42 bits per heavy atom. The monoisotopic (exact) mass is 343 g/mol. The number of nitrogens with zero attached hydrogens (tertiary/aromatic N) is 1. The van der Waals surface area contributed by atoms with Crippen LogP contribution in [-0.2, 0) is 12.8 Å². The summed E-state index contributed by atoms with van der Waals surface area (Å²) in [5, 5.41) is 0. The highest BCUT2D eigenvalue weighted by Gasteiger charge is 2.11. The third kappa shape index (κ3) is 4.51. The molecule has 1 heterocycles. The molecule has 3 heteroatoms. The van der Waals surface area contributed by atoms with Gasteiger partial charge in [0.15, 0.2) is 11.6 Å². The second kappa shape index (κ2) is 7.87. The summed E-state index contributed by atoms with van der Waals surface area (Å²) in [5.74, 6) is 0.0547. The molecule has 0 spiro atoms. The van der Waals surface area contributed by atoms with Gasteiger partial charge in [0.05, 0.1) is 12.8 Å². The Balaban J connectivity index is 1.69. The van der Waals surface area contributed by atoms with Crippen LogP contribution in [0.3, 0.4) is 0 Å². The summed E-state index contributed by atoms with van der Waals surface area (Å²) in [6, 6.07) is 20.6. The fraction of sp³-hybridized carbons (Fsp3) is 0.174. The number of aromatic nitrogens is 1. The summed E-state index contributed by atoms with van der Waals surface area (Å²) >= 11 is 0. The van der Waals surface area contributed by atoms with E-state index in [1.165, 1.54) is 0 Å². The quantitative estimate of drug-likeness (QED) is 0.617. The zero-order chi connectivity index (χ0) is 18.5. The molecule has 0 saturated carbocycles. The van der Waals surface area contributed by atoms with Crippen LogP contribution in [0.4, 0.5) is 0 Å². The zero-order valence-corrected chi connectivity index (χ0v) is 15.0. The number of carbonyl (C=O) groups excluding carboxylic acids is 2. The van der Waals surface area contributed by atoms with Crippen molar-refractivity contribution >= 4 is 11.6 Å². The lowest BCUT2D eigenvalue weighted by molar-refractivity contribution is 0.0986. The number of hydrogen-bond donors (Lipinski definition) is 0. The van der Waals surface area contributed by atoms with Gasteiger partial charge >= 0.3 is 0 Å². The molecule has 0 N–H and O–H groups in total. The Bertz CT molecular complexity index is 850. The second-order valence-corrected chi connectivity index (χ2v) is 6.55. The van der Waals surface area contributed by atoms with E-state index in [0.717, 1.165) is 11.1 Å². The van der Waals surface area contributed by atoms with Crippen LogP contribution in [0.5, 0.6) is 0 Å². The smallest absolute Gasteiger partial charge is 0.168 e. The van der Waals surface area contributed by atoms with Crippen LogP contribution in [0.1, 0.15) is 43.2 Å². The van der Waals surface area contributed by atoms with Crippen LogP contribution in [0.25, 0.3) is 0 Å². The Hall–Kier alpha value is -3.07. The molecule has 0 fully saturated rings. The van der Waals surface area contributed by atoms with Gasteiger partial charge in [-0.25, -0.2) is 0 Å². The Morgan fingerprint density at radius 2 is 1.04 bits per heavy atom. The van der Waals surface area contributed by atoms with Gasteiger partial charge in [-0.05, 0) is 26.0 Å². The highest BCUT2D eigenvalue weighted by Crippen LogP contribution is 2.11. The predicted octanol–water partition coefficient (Wildman–Crippen LogP) is 4.55. The van der Waals surface area contributed by atoms with Crippen molar-refractivity contribution in [1.82, 2.24) is 4.98 Å². The van der Waals surface area contributed by atoms with Crippen LogP contribution in [0, 0.1) is 13.8 Å². The average Bonchev–Trinajstić information content (AvgIpc) is 2.63. The van der Waals surface area contributed by atoms with Gasteiger partial charge < -0.3 is 0 Å². The predicted molar refractivity (Wildman–Crippen MR) is 103 cm³/mol. The number of ketones is 2. The van der Waals surface area contributed by atoms with Crippen molar-refractivity contribution in [3.8, 4) is 0 Å². The van der Waals surface area contributed by atoms with Gasteiger partial charge in [-0.2, -0.15) is 0 Å². The molecular weight excluding hydrogens is 322 g/mol. The highest BCUT2D eigenvalue weighted by atomic mass is 16.1. The molecule has 26 heavy (non-hydrogen) atoms. The van der Waals surface area contributed by atoms with E-state index in [-0.39, 0.29) is 24.4 Å². The van der Waals surface area contributed by atoms with E-state index < -0.39 is 0 Å². The summed E-state index contributed by atoms with van der Waals surface area (Å²) in [6.45, 7) is 3.98. The van der Waals surface area contributed by atoms with Crippen molar-refractivity contribution in [2.75, 3.05) is 0 Å². The molecule has 0 amide bonds. The van der Waals surface area contributed by atoms with Crippen LogP contribution in [0.2, 0.25) is 0 Å². The normalized spacial score (nSPS) is 10.5. The first kappa shape index (κ1) is 17.7. The summed E-state index contributed by atoms with van der Waals surface area (Å²) < 4.78 is 0. The van der Waals surface area contributed by atoms with E-state index >= 15 is 0 Å². The average molecular weight is 343 g/mol. The van der Waals surface area contributed by atoms with Crippen molar-refractivity contribution < 1.29 is 9.59 Å². The molecule has 3 rings (SSSR count). The van der Waals surface area contributed by atoms with Crippen molar-refractivity contribution in [3.05, 3.63) is 100 Å². The summed E-state index contributed by atoms with van der Waals surface area (Å²) in [5.41, 5.74) is 4.97. The van der Waals surface area contributed by atoms with Gasteiger partial charge in [0.1, 0.15) is 0 Å². The molecule has 0 atom stereocenters. The molecule has 0 aliphatic heterocycles. The van der Waals surface area contributed by atoms with E-state index in [1.807, 2.05) is 80.6 Å². The maximum absolute atomic E-state index is 12.4. The molecule has 0 bridgehead atoms. The molecule has 0 aliphatic carbocycles. The van der Waals surface area contributed by atoms with Crippen molar-refractivity contribution in [3.63, 3.8) is 0 Å². The Kier molecular flexibility index (Phi) is 5.37. The van der Waals surface area contributed by atoms with Crippen LogP contribution in [0.15, 0.2) is 66.7 Å². The van der Waals surface area contributed by atoms with Gasteiger partial charge in [-0.15, -0.1) is 0 Å². The zero-order valence-electron chi connectivity index (χ0n) is 15.0. The van der Waals surface area contributed by atoms with Gasteiger partial charge in [-0.3, -0.25) is 14.6 Å². The van der Waals surface area contributed by atoms with Gasteiger partial charge in [0.2, 0.25) is 0 Å². The minimum Gasteiger partial charge on any atom is -0.294 e.